The van der Waals surface area contributed by atoms with Crippen LogP contribution in [0.3, 0.4) is 0 Å². The van der Waals surface area contributed by atoms with Crippen molar-refractivity contribution in [2.45, 2.75) is 20.4 Å². The number of carbonyl (C=O) groups is 1. The van der Waals surface area contributed by atoms with Gasteiger partial charge in [-0.25, -0.2) is 4.79 Å². The first kappa shape index (κ1) is 11.3. The lowest BCUT2D eigenvalue weighted by molar-refractivity contribution is -0.139. The van der Waals surface area contributed by atoms with E-state index in [1.54, 1.807) is 13.1 Å². The molecule has 1 aromatic heterocycles. The largest absolute Gasteiger partial charge is 0.479 e. The van der Waals surface area contributed by atoms with Crippen LogP contribution >= 0.6 is 0 Å². The average Bonchev–Trinajstić information content (AvgIpc) is 2.17. The van der Waals surface area contributed by atoms with Crippen LogP contribution in [0.2, 0.25) is 0 Å². The molecule has 0 aromatic carbocycles. The molecule has 0 unspecified atom stereocenters. The Bertz CT molecular complexity index is 422. The van der Waals surface area contributed by atoms with E-state index in [-0.39, 0.29) is 11.2 Å². The lowest BCUT2D eigenvalue weighted by Crippen LogP contribution is -2.18. The molecule has 5 nitrogen and oxygen atoms in total. The van der Waals surface area contributed by atoms with Crippen LogP contribution in [0.5, 0.6) is 5.75 Å². The minimum Gasteiger partial charge on any atom is -0.479 e. The van der Waals surface area contributed by atoms with E-state index < -0.39 is 12.6 Å². The zero-order valence-corrected chi connectivity index (χ0v) is 8.69. The maximum absolute atomic E-state index is 11.4. The number of nitrogens with zero attached hydrogens (tertiary/aromatic N) is 1. The van der Waals surface area contributed by atoms with Crippen molar-refractivity contribution >= 4 is 5.97 Å². The number of aliphatic carboxylic acids is 1. The van der Waals surface area contributed by atoms with Crippen LogP contribution in [0.1, 0.15) is 12.6 Å². The van der Waals surface area contributed by atoms with Crippen LogP contribution in [0, 0.1) is 6.92 Å². The number of aromatic nitrogens is 1. The third-order valence-corrected chi connectivity index (χ3v) is 2.07. The Balaban J connectivity index is 3.04. The molecule has 1 heterocycles. The van der Waals surface area contributed by atoms with Gasteiger partial charge in [0.2, 0.25) is 5.43 Å². The maximum atomic E-state index is 11.4. The Morgan fingerprint density at radius 1 is 1.60 bits per heavy atom. The molecule has 1 rings (SSSR count). The fourth-order valence-corrected chi connectivity index (χ4v) is 1.31. The summed E-state index contributed by atoms with van der Waals surface area (Å²) in [6.07, 6.45) is 1.66. The van der Waals surface area contributed by atoms with Gasteiger partial charge < -0.3 is 14.4 Å². The molecule has 0 amide bonds. The van der Waals surface area contributed by atoms with Crippen molar-refractivity contribution in [2.24, 2.45) is 0 Å². The van der Waals surface area contributed by atoms with Gasteiger partial charge in [0.15, 0.2) is 12.4 Å². The normalized spacial score (nSPS) is 10.0. The van der Waals surface area contributed by atoms with E-state index in [4.69, 9.17) is 9.84 Å². The lowest BCUT2D eigenvalue weighted by Gasteiger charge is -2.11. The second-order valence-electron chi connectivity index (χ2n) is 3.06. The van der Waals surface area contributed by atoms with Crippen LogP contribution in [0.15, 0.2) is 17.1 Å². The van der Waals surface area contributed by atoms with E-state index in [9.17, 15) is 9.59 Å². The summed E-state index contributed by atoms with van der Waals surface area (Å²) in [6, 6.07) is 1.37. The number of carboxylic acid groups (broad SMARTS) is 1. The molecule has 15 heavy (non-hydrogen) atoms. The standard InChI is InChI=1S/C10H13NO4/c1-3-11-5-4-8(12)10(7(11)2)15-6-9(13)14/h4-5H,3,6H2,1-2H3,(H,13,14). The topological polar surface area (TPSA) is 68.5 Å². The second-order valence-corrected chi connectivity index (χ2v) is 3.06. The first-order valence-electron chi connectivity index (χ1n) is 4.61. The fourth-order valence-electron chi connectivity index (χ4n) is 1.31. The summed E-state index contributed by atoms with van der Waals surface area (Å²) in [7, 11) is 0. The van der Waals surface area contributed by atoms with Crippen LogP contribution in [-0.2, 0) is 11.3 Å². The predicted octanol–water partition coefficient (Wildman–Crippen LogP) is 0.640. The van der Waals surface area contributed by atoms with Crippen molar-refractivity contribution in [3.63, 3.8) is 0 Å². The molecule has 0 atom stereocenters. The molecule has 5 heteroatoms. The zero-order chi connectivity index (χ0) is 11.4. The lowest BCUT2D eigenvalue weighted by atomic mass is 10.3. The Hall–Kier alpha value is -1.78. The Morgan fingerprint density at radius 2 is 2.27 bits per heavy atom. The first-order chi connectivity index (χ1) is 7.06. The van der Waals surface area contributed by atoms with Gasteiger partial charge in [0.25, 0.3) is 0 Å². The molecule has 1 aromatic rings. The third kappa shape index (κ3) is 2.59. The summed E-state index contributed by atoms with van der Waals surface area (Å²) in [4.78, 5) is 21.7. The molecule has 0 aliphatic rings. The molecule has 0 saturated heterocycles. The van der Waals surface area contributed by atoms with Crippen LogP contribution < -0.4 is 10.2 Å². The summed E-state index contributed by atoms with van der Waals surface area (Å²) >= 11 is 0. The quantitative estimate of drug-likeness (QED) is 0.793. The van der Waals surface area contributed by atoms with E-state index in [2.05, 4.69) is 0 Å². The number of hydrogen-bond donors (Lipinski definition) is 1. The highest BCUT2D eigenvalue weighted by Gasteiger charge is 2.09. The van der Waals surface area contributed by atoms with E-state index >= 15 is 0 Å². The van der Waals surface area contributed by atoms with E-state index in [0.717, 1.165) is 0 Å². The van der Waals surface area contributed by atoms with Gasteiger partial charge in [-0.3, -0.25) is 4.79 Å². The van der Waals surface area contributed by atoms with Crippen molar-refractivity contribution in [3.05, 3.63) is 28.2 Å². The first-order valence-corrected chi connectivity index (χ1v) is 4.61. The monoisotopic (exact) mass is 211 g/mol. The van der Waals surface area contributed by atoms with Crippen molar-refractivity contribution in [3.8, 4) is 5.75 Å². The molecular formula is C10H13NO4. The van der Waals surface area contributed by atoms with Gasteiger partial charge in [-0.15, -0.1) is 0 Å². The van der Waals surface area contributed by atoms with E-state index in [1.165, 1.54) is 6.07 Å². The van der Waals surface area contributed by atoms with Gasteiger partial charge in [0.1, 0.15) is 0 Å². The Kier molecular flexibility index (Phi) is 3.49. The number of rotatable bonds is 4. The minimum absolute atomic E-state index is 0.113. The van der Waals surface area contributed by atoms with Gasteiger partial charge in [-0.2, -0.15) is 0 Å². The van der Waals surface area contributed by atoms with E-state index in [1.807, 2.05) is 11.5 Å². The maximum Gasteiger partial charge on any atom is 0.341 e. The Labute approximate surface area is 86.9 Å². The Morgan fingerprint density at radius 3 is 2.80 bits per heavy atom. The minimum atomic E-state index is -1.10. The van der Waals surface area contributed by atoms with Gasteiger partial charge in [0.05, 0.1) is 5.69 Å². The summed E-state index contributed by atoms with van der Waals surface area (Å²) in [5.74, 6) is -0.984. The second kappa shape index (κ2) is 4.63. The number of carboxylic acids is 1. The number of ether oxygens (including phenoxy) is 1. The molecule has 0 bridgehead atoms. The molecule has 0 aliphatic heterocycles. The predicted molar refractivity (Wildman–Crippen MR) is 54.2 cm³/mol. The highest BCUT2D eigenvalue weighted by Crippen LogP contribution is 2.11. The zero-order valence-electron chi connectivity index (χ0n) is 8.69. The molecule has 0 radical (unpaired) electrons. The van der Waals surface area contributed by atoms with Crippen molar-refractivity contribution < 1.29 is 14.6 Å². The molecular weight excluding hydrogens is 198 g/mol. The molecule has 0 spiro atoms. The third-order valence-electron chi connectivity index (χ3n) is 2.07. The fraction of sp³-hybridized carbons (Fsp3) is 0.400. The number of hydrogen-bond acceptors (Lipinski definition) is 3. The molecule has 82 valence electrons. The van der Waals surface area contributed by atoms with Crippen molar-refractivity contribution in [1.82, 2.24) is 4.57 Å². The van der Waals surface area contributed by atoms with Crippen LogP contribution in [0.25, 0.3) is 0 Å². The van der Waals surface area contributed by atoms with Crippen LogP contribution in [-0.4, -0.2) is 22.2 Å². The molecule has 0 fully saturated rings. The van der Waals surface area contributed by atoms with Gasteiger partial charge in [-0.05, 0) is 13.8 Å². The molecule has 0 aliphatic carbocycles. The van der Waals surface area contributed by atoms with Crippen molar-refractivity contribution in [1.29, 1.82) is 0 Å². The highest BCUT2D eigenvalue weighted by atomic mass is 16.5. The summed E-state index contributed by atoms with van der Waals surface area (Å²) in [6.45, 7) is 3.86. The molecule has 0 saturated carbocycles. The van der Waals surface area contributed by atoms with Gasteiger partial charge in [-0.1, -0.05) is 0 Å². The smallest absolute Gasteiger partial charge is 0.341 e. The van der Waals surface area contributed by atoms with Crippen LogP contribution in [0.4, 0.5) is 0 Å². The SMILES string of the molecule is CCn1ccc(=O)c(OCC(=O)O)c1C. The summed E-state index contributed by atoms with van der Waals surface area (Å²) in [5, 5.41) is 8.45. The van der Waals surface area contributed by atoms with Gasteiger partial charge in [0, 0.05) is 18.8 Å². The summed E-state index contributed by atoms with van der Waals surface area (Å²) in [5.41, 5.74) is 0.352. The van der Waals surface area contributed by atoms with E-state index in [0.29, 0.717) is 12.2 Å². The number of aryl methyl sites for hydroxylation is 1. The number of pyridine rings is 1. The highest BCUT2D eigenvalue weighted by molar-refractivity contribution is 5.68. The summed E-state index contributed by atoms with van der Waals surface area (Å²) < 4.78 is 6.76. The van der Waals surface area contributed by atoms with Gasteiger partial charge >= 0.3 is 5.97 Å². The van der Waals surface area contributed by atoms with Crippen molar-refractivity contribution in [2.75, 3.05) is 6.61 Å². The molecule has 1 N–H and O–H groups in total. The average molecular weight is 211 g/mol.